The van der Waals surface area contributed by atoms with Gasteiger partial charge in [0.05, 0.1) is 11.1 Å². The maximum Gasteiger partial charge on any atom is 0.231 e. The Labute approximate surface area is 162 Å². The van der Waals surface area contributed by atoms with Crippen LogP contribution in [0.15, 0.2) is 46.6 Å². The van der Waals surface area contributed by atoms with Crippen LogP contribution in [0.25, 0.3) is 6.08 Å². The summed E-state index contributed by atoms with van der Waals surface area (Å²) in [4.78, 5) is 14.8. The first kappa shape index (κ1) is 18.7. The van der Waals surface area contributed by atoms with Crippen LogP contribution in [0.2, 0.25) is 0 Å². The van der Waals surface area contributed by atoms with E-state index in [-0.39, 0.29) is 17.3 Å². The van der Waals surface area contributed by atoms with Gasteiger partial charge in [-0.15, -0.1) is 0 Å². The number of benzene rings is 2. The predicted octanol–water partition coefficient (Wildman–Crippen LogP) is 5.00. The number of rotatable bonds is 6. The average molecular weight is 416 g/mol. The van der Waals surface area contributed by atoms with Crippen LogP contribution in [0.5, 0.6) is 11.5 Å². The lowest BCUT2D eigenvalue weighted by atomic mass is 10.0. The first-order valence-electron chi connectivity index (χ1n) is 8.72. The molecule has 5 heteroatoms. The number of carbonyl (C=O) groups is 1. The van der Waals surface area contributed by atoms with E-state index >= 15 is 0 Å². The number of carbonyl (C=O) groups excluding carboxylic acids is 1. The average Bonchev–Trinajstić information content (AvgIpc) is 2.94. The third-order valence-electron chi connectivity index (χ3n) is 4.41. The summed E-state index contributed by atoms with van der Waals surface area (Å²) in [5.74, 6) is 0.761. The van der Waals surface area contributed by atoms with E-state index in [1.807, 2.05) is 31.3 Å². The van der Waals surface area contributed by atoms with E-state index in [1.54, 1.807) is 18.2 Å². The Bertz CT molecular complexity index is 843. The van der Waals surface area contributed by atoms with Crippen molar-refractivity contribution in [2.24, 2.45) is 0 Å². The molecule has 0 aromatic heterocycles. The van der Waals surface area contributed by atoms with Crippen molar-refractivity contribution in [3.8, 4) is 11.5 Å². The van der Waals surface area contributed by atoms with E-state index in [2.05, 4.69) is 27.8 Å². The minimum absolute atomic E-state index is 0.152. The zero-order chi connectivity index (χ0) is 18.7. The van der Waals surface area contributed by atoms with Gasteiger partial charge in [0.1, 0.15) is 11.5 Å². The summed E-state index contributed by atoms with van der Waals surface area (Å²) in [5, 5.41) is 10.3. The molecular formula is C21H22BrNO3. The largest absolute Gasteiger partial charge is 0.507 e. The lowest BCUT2D eigenvalue weighted by Crippen LogP contribution is -2.19. The Morgan fingerprint density at radius 2 is 1.92 bits per heavy atom. The summed E-state index contributed by atoms with van der Waals surface area (Å²) in [6, 6.07) is 10.9. The van der Waals surface area contributed by atoms with Crippen LogP contribution in [0.4, 0.5) is 0 Å². The predicted molar refractivity (Wildman–Crippen MR) is 106 cm³/mol. The molecule has 2 aromatic rings. The molecule has 1 aliphatic heterocycles. The molecule has 26 heavy (non-hydrogen) atoms. The highest BCUT2D eigenvalue weighted by Gasteiger charge is 2.31. The molecule has 2 aromatic carbocycles. The van der Waals surface area contributed by atoms with E-state index in [0.717, 1.165) is 29.4 Å². The molecular weight excluding hydrogens is 394 g/mol. The fourth-order valence-corrected chi connectivity index (χ4v) is 3.20. The second kappa shape index (κ2) is 8.06. The van der Waals surface area contributed by atoms with Crippen molar-refractivity contribution in [1.82, 2.24) is 4.90 Å². The lowest BCUT2D eigenvalue weighted by molar-refractivity contribution is 0.101. The van der Waals surface area contributed by atoms with Gasteiger partial charge in [-0.3, -0.25) is 4.79 Å². The molecule has 0 bridgehead atoms. The first-order valence-corrected chi connectivity index (χ1v) is 9.52. The number of Topliss-reactive ketones (excluding diaryl/α,β-unsaturated/α-hetero) is 1. The summed E-state index contributed by atoms with van der Waals surface area (Å²) >= 11 is 3.40. The number of ether oxygens (including phenoxy) is 1. The van der Waals surface area contributed by atoms with Crippen LogP contribution < -0.4 is 4.74 Å². The van der Waals surface area contributed by atoms with Gasteiger partial charge in [-0.05, 0) is 55.9 Å². The molecule has 0 amide bonds. The summed E-state index contributed by atoms with van der Waals surface area (Å²) in [6.07, 6.45) is 3.93. The van der Waals surface area contributed by atoms with Gasteiger partial charge in [0, 0.05) is 11.0 Å². The summed E-state index contributed by atoms with van der Waals surface area (Å²) in [7, 11) is 2.00. The quantitative estimate of drug-likeness (QED) is 0.674. The van der Waals surface area contributed by atoms with E-state index < -0.39 is 0 Å². The molecule has 136 valence electrons. The SMILES string of the molecule is CCCCN(C)Cc1c(O)ccc2c1O/C(=C\c1ccc(Br)cc1)C2=O. The normalized spacial score (nSPS) is 14.8. The van der Waals surface area contributed by atoms with Crippen molar-refractivity contribution in [3.05, 3.63) is 63.3 Å². The molecule has 0 saturated heterocycles. The van der Waals surface area contributed by atoms with Crippen LogP contribution in [0.1, 0.15) is 41.3 Å². The maximum atomic E-state index is 12.7. The number of nitrogens with zero attached hydrogens (tertiary/aromatic N) is 1. The molecule has 0 unspecified atom stereocenters. The van der Waals surface area contributed by atoms with Gasteiger partial charge in [-0.2, -0.15) is 0 Å². The topological polar surface area (TPSA) is 49.8 Å². The van der Waals surface area contributed by atoms with E-state index in [4.69, 9.17) is 4.74 Å². The second-order valence-corrected chi connectivity index (χ2v) is 7.44. The number of allylic oxidation sites excluding steroid dienone is 1. The summed E-state index contributed by atoms with van der Waals surface area (Å²) in [5.41, 5.74) is 2.05. The molecule has 0 saturated carbocycles. The highest BCUT2D eigenvalue weighted by Crippen LogP contribution is 2.40. The van der Waals surface area contributed by atoms with Crippen LogP contribution in [0, 0.1) is 0 Å². The van der Waals surface area contributed by atoms with Gasteiger partial charge < -0.3 is 14.7 Å². The van der Waals surface area contributed by atoms with Crippen LogP contribution in [0.3, 0.4) is 0 Å². The lowest BCUT2D eigenvalue weighted by Gasteiger charge is -2.18. The minimum Gasteiger partial charge on any atom is -0.507 e. The number of hydrogen-bond donors (Lipinski definition) is 1. The number of hydrogen-bond acceptors (Lipinski definition) is 4. The smallest absolute Gasteiger partial charge is 0.231 e. The molecule has 0 atom stereocenters. The number of ketones is 1. The molecule has 0 radical (unpaired) electrons. The van der Waals surface area contributed by atoms with Crippen molar-refractivity contribution in [3.63, 3.8) is 0 Å². The van der Waals surface area contributed by atoms with Crippen LogP contribution >= 0.6 is 15.9 Å². The van der Waals surface area contributed by atoms with E-state index in [9.17, 15) is 9.90 Å². The third kappa shape index (κ3) is 4.00. The van der Waals surface area contributed by atoms with Crippen molar-refractivity contribution in [1.29, 1.82) is 0 Å². The molecule has 4 nitrogen and oxygen atoms in total. The second-order valence-electron chi connectivity index (χ2n) is 6.52. The van der Waals surface area contributed by atoms with Crippen LogP contribution in [-0.4, -0.2) is 29.4 Å². The Morgan fingerprint density at radius 1 is 1.19 bits per heavy atom. The van der Waals surface area contributed by atoms with Crippen LogP contribution in [-0.2, 0) is 6.54 Å². The molecule has 0 aliphatic carbocycles. The van der Waals surface area contributed by atoms with Crippen molar-refractivity contribution >= 4 is 27.8 Å². The molecule has 0 fully saturated rings. The molecule has 1 heterocycles. The molecule has 3 rings (SSSR count). The van der Waals surface area contributed by atoms with Crippen molar-refractivity contribution in [2.45, 2.75) is 26.3 Å². The fourth-order valence-electron chi connectivity index (χ4n) is 2.94. The van der Waals surface area contributed by atoms with E-state index in [0.29, 0.717) is 23.4 Å². The Kier molecular flexibility index (Phi) is 5.79. The monoisotopic (exact) mass is 415 g/mol. The van der Waals surface area contributed by atoms with E-state index in [1.165, 1.54) is 0 Å². The summed E-state index contributed by atoms with van der Waals surface area (Å²) in [6.45, 7) is 3.61. The fraction of sp³-hybridized carbons (Fsp3) is 0.286. The highest BCUT2D eigenvalue weighted by atomic mass is 79.9. The van der Waals surface area contributed by atoms with Crippen molar-refractivity contribution in [2.75, 3.05) is 13.6 Å². The Balaban J connectivity index is 1.89. The zero-order valence-electron chi connectivity index (χ0n) is 15.0. The van der Waals surface area contributed by atoms with Gasteiger partial charge in [0.2, 0.25) is 5.78 Å². The number of fused-ring (bicyclic) bond motifs is 1. The molecule has 0 spiro atoms. The number of phenolic OH excluding ortho intramolecular Hbond substituents is 1. The van der Waals surface area contributed by atoms with Gasteiger partial charge >= 0.3 is 0 Å². The number of phenols is 1. The standard InChI is InChI=1S/C21H22BrNO3/c1-3-4-11-23(2)13-17-18(24)10-9-16-20(25)19(26-21(16)17)12-14-5-7-15(22)8-6-14/h5-10,12,24H,3-4,11,13H2,1-2H3/b19-12-. The summed E-state index contributed by atoms with van der Waals surface area (Å²) < 4.78 is 6.86. The Hall–Kier alpha value is -2.11. The molecule has 1 N–H and O–H groups in total. The van der Waals surface area contributed by atoms with Gasteiger partial charge in [-0.1, -0.05) is 41.4 Å². The first-order chi connectivity index (χ1) is 12.5. The van der Waals surface area contributed by atoms with Gasteiger partial charge in [0.25, 0.3) is 0 Å². The minimum atomic E-state index is -0.152. The highest BCUT2D eigenvalue weighted by molar-refractivity contribution is 9.10. The zero-order valence-corrected chi connectivity index (χ0v) is 16.5. The van der Waals surface area contributed by atoms with Gasteiger partial charge in [-0.25, -0.2) is 0 Å². The number of unbranched alkanes of at least 4 members (excludes halogenated alkanes) is 1. The van der Waals surface area contributed by atoms with Crippen molar-refractivity contribution < 1.29 is 14.6 Å². The van der Waals surface area contributed by atoms with Gasteiger partial charge in [0.15, 0.2) is 5.76 Å². The third-order valence-corrected chi connectivity index (χ3v) is 4.93. The maximum absolute atomic E-state index is 12.7. The molecule has 1 aliphatic rings. The Morgan fingerprint density at radius 3 is 2.62 bits per heavy atom. The number of halogens is 1. The number of aromatic hydroxyl groups is 1.